The van der Waals surface area contributed by atoms with Crippen molar-refractivity contribution < 1.29 is 66.6 Å². The Hall–Kier alpha value is -9.58. The molecule has 3 atom stereocenters. The highest BCUT2D eigenvalue weighted by Gasteiger charge is 2.46. The second-order valence-corrected chi connectivity index (χ2v) is 24.1. The van der Waals surface area contributed by atoms with E-state index in [4.69, 9.17) is 29.1 Å². The van der Waals surface area contributed by atoms with Crippen LogP contribution in [0, 0.1) is 28.4 Å². The minimum atomic E-state index is -4.56. The van der Waals surface area contributed by atoms with Crippen molar-refractivity contribution in [2.45, 2.75) is 41.4 Å². The third-order valence-electron chi connectivity index (χ3n) is 14.6. The first-order valence-corrected chi connectivity index (χ1v) is 28.7. The van der Waals surface area contributed by atoms with E-state index in [9.17, 15) is 39.6 Å². The molecule has 3 N–H and O–H groups in total. The number of carbonyl (C=O) groups excluding carboxylic acids is 3. The topological polar surface area (TPSA) is 295 Å². The highest BCUT2D eigenvalue weighted by Crippen LogP contribution is 2.43. The quantitative estimate of drug-likeness (QED) is 0.0400. The van der Waals surface area contributed by atoms with E-state index in [0.29, 0.717) is 11.1 Å². The number of fused-ring (bicyclic) bond motifs is 3. The maximum atomic E-state index is 13.9. The molecule has 398 valence electrons. The van der Waals surface area contributed by atoms with Gasteiger partial charge in [-0.15, -0.1) is 0 Å². The van der Waals surface area contributed by atoms with Crippen molar-refractivity contribution >= 4 is 77.0 Å². The number of hydrogen-bond acceptors (Lipinski definition) is 15. The van der Waals surface area contributed by atoms with Crippen LogP contribution in [-0.4, -0.2) is 74.1 Å². The molecule has 0 saturated carbocycles. The van der Waals surface area contributed by atoms with Crippen LogP contribution < -0.4 is 12.5 Å². The first kappa shape index (κ1) is 53.8. The summed E-state index contributed by atoms with van der Waals surface area (Å²) in [6.07, 6.45) is 12.7. The zero-order valence-electron chi connectivity index (χ0n) is 42.5. The van der Waals surface area contributed by atoms with E-state index in [1.165, 1.54) is 109 Å². The highest BCUT2D eigenvalue weighted by molar-refractivity contribution is 7.91. The molecule has 0 radical (unpaired) electrons. The third kappa shape index (κ3) is 9.55. The summed E-state index contributed by atoms with van der Waals surface area (Å²) in [7, 11) is -13.5. The Morgan fingerprint density at radius 3 is 1.44 bits per heavy atom. The molecule has 21 heteroatoms. The van der Waals surface area contributed by atoms with Gasteiger partial charge in [0.2, 0.25) is 0 Å². The lowest BCUT2D eigenvalue weighted by atomic mass is 9.70. The number of benzene rings is 6. The summed E-state index contributed by atoms with van der Waals surface area (Å²) in [5.41, 5.74) is 24.2. The second kappa shape index (κ2) is 20.3. The van der Waals surface area contributed by atoms with E-state index in [0.717, 1.165) is 22.8 Å². The van der Waals surface area contributed by atoms with Gasteiger partial charge in [-0.25, -0.2) is 0 Å². The molecule has 0 heterocycles. The van der Waals surface area contributed by atoms with E-state index in [2.05, 4.69) is 14.4 Å². The van der Waals surface area contributed by atoms with Crippen molar-refractivity contribution in [2.75, 3.05) is 0 Å². The Kier molecular flexibility index (Phi) is 13.7. The Labute approximate surface area is 459 Å². The normalized spacial score (nSPS) is 17.5. The van der Waals surface area contributed by atoms with Gasteiger partial charge in [0.1, 0.15) is 27.0 Å². The first-order chi connectivity index (χ1) is 38.1. The van der Waals surface area contributed by atoms with E-state index in [1.807, 2.05) is 45.0 Å². The van der Waals surface area contributed by atoms with Gasteiger partial charge in [-0.3, -0.25) is 14.4 Å². The maximum absolute atomic E-state index is 13.9. The SMILES string of the molecule is CC(C)(c1ccc(OS(=O)(=O)c2cccc3c2C=CC(=O)C3=[N+]=N)cc1)c1ccc([C@](C)(c2ccc(OS(=O)(=O)C3=CC=C[C@H]4C=CC(=[N+]=N)C(=O)[C@H]34)cc2)c2ccc(OS(=O)(=O)c3cccc4c3C=CC(=[N+]=N)C4=O)cc2)cc1. The molecule has 0 bridgehead atoms. The van der Waals surface area contributed by atoms with Crippen molar-refractivity contribution in [1.82, 2.24) is 0 Å². The summed E-state index contributed by atoms with van der Waals surface area (Å²) in [4.78, 5) is 47.6. The Morgan fingerprint density at radius 1 is 0.475 bits per heavy atom. The summed E-state index contributed by atoms with van der Waals surface area (Å²) in [6, 6.07) is 35.5. The molecule has 4 aliphatic carbocycles. The van der Waals surface area contributed by atoms with Crippen LogP contribution in [0.15, 0.2) is 191 Å². The molecule has 0 aromatic heterocycles. The Bertz CT molecular complexity index is 4360. The molecule has 6 aromatic rings. The predicted octanol–water partition coefficient (Wildman–Crippen LogP) is 8.63. The lowest BCUT2D eigenvalue weighted by molar-refractivity contribution is -0.137. The lowest BCUT2D eigenvalue weighted by Gasteiger charge is -2.33. The van der Waals surface area contributed by atoms with Gasteiger partial charge in [0.05, 0.1) is 47.3 Å². The second-order valence-electron chi connectivity index (χ2n) is 19.5. The number of rotatable bonds is 14. The van der Waals surface area contributed by atoms with Crippen LogP contribution in [0.3, 0.4) is 0 Å². The van der Waals surface area contributed by atoms with Crippen LogP contribution in [-0.2, 0) is 50.8 Å². The highest BCUT2D eigenvalue weighted by atomic mass is 32.2. The van der Waals surface area contributed by atoms with Gasteiger partial charge < -0.3 is 12.5 Å². The Morgan fingerprint density at radius 2 is 0.925 bits per heavy atom. The molecule has 0 unspecified atom stereocenters. The number of carbonyl (C=O) groups is 3. The van der Waals surface area contributed by atoms with E-state index >= 15 is 0 Å². The standard InChI is InChI=1S/C59H45N6O12S3/c1-58(2,37-18-24-41(25-19-37)75-78(69,70)51-10-5-8-46-44(51)31-34-50(66)55(46)65-62)36-14-16-38(17-15-36)59(3,39-20-26-42(27-21-39)76-79(71,72)52-11-6-9-47-45(52)30-33-48(63-60)56(47)67)40-22-28-43(29-23-40)77-80(73,74)53-12-4-7-35-13-32-49(64-61)57(68)54(35)53/h4-35,54,60-62H,1-3H3/q+3/t35-,54-,59-/m0/s1. The predicted molar refractivity (Wildman–Crippen MR) is 290 cm³/mol. The minimum Gasteiger partial charge on any atom is -0.379 e. The van der Waals surface area contributed by atoms with E-state index in [-0.39, 0.29) is 71.3 Å². The third-order valence-corrected chi connectivity index (χ3v) is 18.6. The fourth-order valence-electron chi connectivity index (χ4n) is 10.2. The average molecular weight is 1130 g/mol. The summed E-state index contributed by atoms with van der Waals surface area (Å²) < 4.78 is 99.6. The lowest BCUT2D eigenvalue weighted by Crippen LogP contribution is -2.37. The zero-order chi connectivity index (χ0) is 56.9. The van der Waals surface area contributed by atoms with Crippen molar-refractivity contribution in [2.24, 2.45) is 11.8 Å². The zero-order valence-corrected chi connectivity index (χ0v) is 45.0. The molecule has 0 spiro atoms. The van der Waals surface area contributed by atoms with Gasteiger partial charge in [-0.05, 0) is 114 Å². The molecule has 0 saturated heterocycles. The van der Waals surface area contributed by atoms with Gasteiger partial charge in [-0.1, -0.05) is 111 Å². The van der Waals surface area contributed by atoms with Crippen LogP contribution >= 0.6 is 0 Å². The number of ketones is 3. The average Bonchev–Trinajstić information content (AvgIpc) is 3.60. The Balaban J connectivity index is 0.949. The minimum absolute atomic E-state index is 0.0337. The summed E-state index contributed by atoms with van der Waals surface area (Å²) in [6.45, 7) is 5.92. The van der Waals surface area contributed by atoms with Crippen LogP contribution in [0.2, 0.25) is 0 Å². The molecule has 4 aliphatic rings. The first-order valence-electron chi connectivity index (χ1n) is 24.4. The van der Waals surface area contributed by atoms with Gasteiger partial charge in [-0.2, -0.15) is 25.3 Å². The molecule has 0 aliphatic heterocycles. The summed E-state index contributed by atoms with van der Waals surface area (Å²) in [5.74, 6) is -3.56. The van der Waals surface area contributed by atoms with Crippen molar-refractivity contribution in [3.63, 3.8) is 0 Å². The van der Waals surface area contributed by atoms with E-state index in [1.54, 1.807) is 48.6 Å². The number of nitrogens with zero attached hydrogens (tertiary/aromatic N) is 3. The smallest absolute Gasteiger partial charge is 0.379 e. The molecule has 6 aromatic carbocycles. The summed E-state index contributed by atoms with van der Waals surface area (Å²) >= 11 is 0. The van der Waals surface area contributed by atoms with Crippen LogP contribution in [0.1, 0.15) is 75.6 Å². The largest absolute Gasteiger partial charge is 0.419 e. The maximum Gasteiger partial charge on any atom is 0.419 e. The number of allylic oxidation sites excluding steroid dienone is 8. The summed E-state index contributed by atoms with van der Waals surface area (Å²) in [5, 5.41) is 0. The van der Waals surface area contributed by atoms with Crippen LogP contribution in [0.25, 0.3) is 12.2 Å². The number of Topliss-reactive ketones (excluding diaryl/α,β-unsaturated/α-hetero) is 2. The molecular weight excluding hydrogens is 1080 g/mol. The van der Waals surface area contributed by atoms with Gasteiger partial charge in [0.15, 0.2) is 0 Å². The molecule has 18 nitrogen and oxygen atoms in total. The number of hydrogen-bond donors (Lipinski definition) is 3. The van der Waals surface area contributed by atoms with Gasteiger partial charge in [0, 0.05) is 45.6 Å². The fraction of sp³-hybridized carbons (Fsp3) is 0.119. The van der Waals surface area contributed by atoms with Gasteiger partial charge >= 0.3 is 47.5 Å². The van der Waals surface area contributed by atoms with E-state index < -0.39 is 70.4 Å². The van der Waals surface area contributed by atoms with Crippen LogP contribution in [0.5, 0.6) is 17.2 Å². The monoisotopic (exact) mass is 1130 g/mol. The molecular formula is C59H45N6O12S3+3. The fourth-order valence-corrected chi connectivity index (χ4v) is 13.8. The molecule has 0 fully saturated rings. The van der Waals surface area contributed by atoms with Crippen LogP contribution in [0.4, 0.5) is 0 Å². The molecule has 10 rings (SSSR count). The molecule has 0 amide bonds. The number of nitrogens with one attached hydrogen (secondary N) is 3. The van der Waals surface area contributed by atoms with Crippen molar-refractivity contribution in [3.8, 4) is 17.2 Å². The van der Waals surface area contributed by atoms with Gasteiger partial charge in [0.25, 0.3) is 17.3 Å². The van der Waals surface area contributed by atoms with Crippen molar-refractivity contribution in [3.05, 3.63) is 231 Å². The molecule has 80 heavy (non-hydrogen) atoms. The van der Waals surface area contributed by atoms with Crippen molar-refractivity contribution in [1.29, 1.82) is 16.6 Å².